The molecule has 0 aliphatic rings. The van der Waals surface area contributed by atoms with Crippen molar-refractivity contribution in [2.75, 3.05) is 26.3 Å². The zero-order valence-electron chi connectivity index (χ0n) is 10.9. The van der Waals surface area contributed by atoms with E-state index in [-0.39, 0.29) is 26.3 Å². The fraction of sp³-hybridized carbons (Fsp3) is 0.800. The van der Waals surface area contributed by atoms with Crippen molar-refractivity contribution in [2.24, 2.45) is 0 Å². The number of carbonyl (C=O) groups is 2. The van der Waals surface area contributed by atoms with Gasteiger partial charge in [-0.2, -0.15) is 25.3 Å². The van der Waals surface area contributed by atoms with Gasteiger partial charge in [-0.15, -0.1) is 5.17 Å². The topological polar surface area (TPSA) is 88.1 Å². The van der Waals surface area contributed by atoms with E-state index in [1.165, 1.54) is 0 Å². The Kier molecular flexibility index (Phi) is 10.1. The van der Waals surface area contributed by atoms with Crippen molar-refractivity contribution in [3.8, 4) is 0 Å². The predicted octanol–water partition coefficient (Wildman–Crippen LogP) is -0.0948. The van der Waals surface area contributed by atoms with Gasteiger partial charge in [-0.1, -0.05) is 0 Å². The molecule has 0 aromatic heterocycles. The monoisotopic (exact) mass is 312 g/mol. The average molecular weight is 312 g/mol. The maximum absolute atomic E-state index is 11.0. The third-order valence-electron chi connectivity index (χ3n) is 1.87. The summed E-state index contributed by atoms with van der Waals surface area (Å²) in [6, 6.07) is 0. The number of carbonyl (C=O) groups excluding carboxylic acids is 2. The Hall–Kier alpha value is -0.480. The van der Waals surface area contributed by atoms with Crippen molar-refractivity contribution < 1.29 is 24.3 Å². The lowest BCUT2D eigenvalue weighted by molar-refractivity contribution is -0.162. The van der Waals surface area contributed by atoms with Gasteiger partial charge >= 0.3 is 11.9 Å². The number of ether oxygens (including phenoxy) is 2. The molecule has 112 valence electrons. The van der Waals surface area contributed by atoms with Crippen molar-refractivity contribution in [2.45, 2.75) is 24.3 Å². The lowest BCUT2D eigenvalue weighted by Gasteiger charge is -2.16. The molecule has 2 unspecified atom stereocenters. The highest BCUT2D eigenvalue weighted by Crippen LogP contribution is 1.96. The second-order valence-electron chi connectivity index (χ2n) is 3.72. The first-order chi connectivity index (χ1) is 8.84. The highest BCUT2D eigenvalue weighted by atomic mass is 32.1. The van der Waals surface area contributed by atoms with Crippen LogP contribution in [0.4, 0.5) is 0 Å². The number of esters is 2. The minimum Gasteiger partial charge on any atom is -0.463 e. The Morgan fingerprint density at radius 2 is 1.63 bits per heavy atom. The molecule has 0 aliphatic heterocycles. The number of thiol groups is 2. The first-order valence-electron chi connectivity index (χ1n) is 5.74. The molecule has 0 amide bonds. The van der Waals surface area contributed by atoms with Crippen molar-refractivity contribution >= 4 is 37.2 Å². The molecule has 0 saturated heterocycles. The van der Waals surface area contributed by atoms with Gasteiger partial charge in [0.2, 0.25) is 0 Å². The number of nitrogens with zero attached hydrogens (tertiary/aromatic N) is 1. The molecule has 2 atom stereocenters. The lowest BCUT2D eigenvalue weighted by atomic mass is 10.5. The van der Waals surface area contributed by atoms with E-state index in [0.29, 0.717) is 0 Å². The summed E-state index contributed by atoms with van der Waals surface area (Å²) in [5.41, 5.74) is 2.56. The molecular formula is C10H20N2O5S2. The van der Waals surface area contributed by atoms with Gasteiger partial charge in [0.1, 0.15) is 13.2 Å². The van der Waals surface area contributed by atoms with Gasteiger partial charge in [0.05, 0.1) is 17.0 Å². The molecule has 0 heterocycles. The van der Waals surface area contributed by atoms with E-state index in [2.05, 4.69) is 30.7 Å². The van der Waals surface area contributed by atoms with Gasteiger partial charge in [-0.05, 0) is 13.8 Å². The number of hydrogen-bond acceptors (Lipinski definition) is 9. The van der Waals surface area contributed by atoms with E-state index in [1.54, 1.807) is 13.8 Å². The number of nitrogens with one attached hydrogen (secondary N) is 1. The highest BCUT2D eigenvalue weighted by Gasteiger charge is 2.10. The lowest BCUT2D eigenvalue weighted by Crippen LogP contribution is -2.40. The number of hydrogen-bond donors (Lipinski definition) is 4. The molecule has 0 radical (unpaired) electrons. The summed E-state index contributed by atoms with van der Waals surface area (Å²) in [7, 11) is 0. The van der Waals surface area contributed by atoms with Crippen LogP contribution in [0.15, 0.2) is 0 Å². The van der Waals surface area contributed by atoms with Crippen LogP contribution in [0, 0.1) is 0 Å². The molecule has 0 rings (SSSR count). The van der Waals surface area contributed by atoms with Gasteiger partial charge in [-0.3, -0.25) is 14.8 Å². The van der Waals surface area contributed by atoms with Gasteiger partial charge in [-0.25, -0.2) is 5.43 Å². The van der Waals surface area contributed by atoms with Gasteiger partial charge < -0.3 is 9.47 Å². The summed E-state index contributed by atoms with van der Waals surface area (Å²) in [6.07, 6.45) is 0. The Labute approximate surface area is 123 Å². The predicted molar refractivity (Wildman–Crippen MR) is 75.3 cm³/mol. The summed E-state index contributed by atoms with van der Waals surface area (Å²) < 4.78 is 9.61. The number of hydrazine groups is 1. The quantitative estimate of drug-likeness (QED) is 0.205. The Morgan fingerprint density at radius 3 is 2.11 bits per heavy atom. The van der Waals surface area contributed by atoms with Crippen molar-refractivity contribution in [1.29, 1.82) is 0 Å². The van der Waals surface area contributed by atoms with E-state index >= 15 is 0 Å². The summed E-state index contributed by atoms with van der Waals surface area (Å²) >= 11 is 7.81. The van der Waals surface area contributed by atoms with Crippen LogP contribution in [0.25, 0.3) is 0 Å². The standard InChI is InChI=1S/C10H20N2O5S2/c1-7(18)9(13)16-5-3-11-12(15)4-6-17-10(14)8(2)19/h7-8,11,15,18-19H,3-6H2,1-2H3. The first-order valence-corrected chi connectivity index (χ1v) is 6.77. The first kappa shape index (κ1) is 18.5. The minimum absolute atomic E-state index is 0.0285. The number of rotatable bonds is 9. The van der Waals surface area contributed by atoms with Crippen LogP contribution in [0.3, 0.4) is 0 Å². The molecule has 9 heteroatoms. The van der Waals surface area contributed by atoms with Crippen molar-refractivity contribution in [3.63, 3.8) is 0 Å². The highest BCUT2D eigenvalue weighted by molar-refractivity contribution is 7.81. The largest absolute Gasteiger partial charge is 0.463 e. The average Bonchev–Trinajstić information content (AvgIpc) is 2.33. The molecule has 0 aromatic rings. The molecule has 7 nitrogen and oxygen atoms in total. The molecule has 0 saturated carbocycles. The number of hydroxylamine groups is 1. The van der Waals surface area contributed by atoms with Crippen LogP contribution in [-0.2, 0) is 19.1 Å². The summed E-state index contributed by atoms with van der Waals surface area (Å²) in [4.78, 5) is 22.1. The second kappa shape index (κ2) is 10.3. The Balaban J connectivity index is 3.52. The van der Waals surface area contributed by atoms with Crippen LogP contribution in [0.1, 0.15) is 13.8 Å². The SMILES string of the molecule is CC(S)C(=O)OCCNN(O)CCOC(=O)C(C)S. The molecule has 0 fully saturated rings. The fourth-order valence-corrected chi connectivity index (χ4v) is 1.03. The Morgan fingerprint density at radius 1 is 1.16 bits per heavy atom. The zero-order valence-corrected chi connectivity index (χ0v) is 12.7. The molecule has 19 heavy (non-hydrogen) atoms. The molecule has 0 aromatic carbocycles. The molecule has 0 bridgehead atoms. The summed E-state index contributed by atoms with van der Waals surface area (Å²) in [6.45, 7) is 3.66. The van der Waals surface area contributed by atoms with E-state index in [9.17, 15) is 14.8 Å². The molecule has 2 N–H and O–H groups in total. The van der Waals surface area contributed by atoms with Gasteiger partial charge in [0.25, 0.3) is 0 Å². The normalized spacial score (nSPS) is 14.0. The van der Waals surface area contributed by atoms with E-state index in [4.69, 9.17) is 9.47 Å². The molecular weight excluding hydrogens is 292 g/mol. The van der Waals surface area contributed by atoms with Crippen LogP contribution < -0.4 is 5.43 Å². The molecule has 0 spiro atoms. The third-order valence-corrected chi connectivity index (χ3v) is 2.29. The Bertz CT molecular complexity index is 289. The second-order valence-corrected chi connectivity index (χ2v) is 5.27. The van der Waals surface area contributed by atoms with E-state index in [0.717, 1.165) is 5.17 Å². The maximum atomic E-state index is 11.0. The maximum Gasteiger partial charge on any atom is 0.318 e. The van der Waals surface area contributed by atoms with Crippen molar-refractivity contribution in [1.82, 2.24) is 10.6 Å². The molecule has 0 aliphatic carbocycles. The van der Waals surface area contributed by atoms with Crippen LogP contribution in [0.5, 0.6) is 0 Å². The van der Waals surface area contributed by atoms with Crippen LogP contribution in [0.2, 0.25) is 0 Å². The van der Waals surface area contributed by atoms with E-state index in [1.807, 2.05) is 0 Å². The van der Waals surface area contributed by atoms with Crippen LogP contribution >= 0.6 is 25.3 Å². The van der Waals surface area contributed by atoms with Crippen LogP contribution in [-0.4, -0.2) is 59.1 Å². The summed E-state index contributed by atoms with van der Waals surface area (Å²) in [5, 5.41) is 9.11. The smallest absolute Gasteiger partial charge is 0.318 e. The third kappa shape index (κ3) is 10.0. The van der Waals surface area contributed by atoms with Gasteiger partial charge in [0.15, 0.2) is 0 Å². The fourth-order valence-electron chi connectivity index (χ4n) is 0.879. The van der Waals surface area contributed by atoms with Crippen molar-refractivity contribution in [3.05, 3.63) is 0 Å². The zero-order chi connectivity index (χ0) is 14.8. The summed E-state index contributed by atoms with van der Waals surface area (Å²) in [5.74, 6) is -0.875. The minimum atomic E-state index is -0.497. The van der Waals surface area contributed by atoms with Gasteiger partial charge in [0, 0.05) is 6.54 Å². The van der Waals surface area contributed by atoms with E-state index < -0.39 is 22.4 Å².